The van der Waals surface area contributed by atoms with Crippen molar-refractivity contribution in [3.8, 4) is 0 Å². The Labute approximate surface area is 199 Å². The predicted octanol–water partition coefficient (Wildman–Crippen LogP) is 2.16. The Balaban J connectivity index is 0. The van der Waals surface area contributed by atoms with Gasteiger partial charge in [0, 0.05) is 5.75 Å². The van der Waals surface area contributed by atoms with Crippen LogP contribution in [0.5, 0.6) is 0 Å². The Morgan fingerprint density at radius 1 is 0.720 bits per heavy atom. The van der Waals surface area contributed by atoms with Crippen LogP contribution in [0.1, 0.15) is 110 Å². The first kappa shape index (κ1) is 28.7. The summed E-state index contributed by atoms with van der Waals surface area (Å²) < 4.78 is 31.4. The SMILES string of the molecule is CCCCCCCCCCCCCCCC(O)CCCS(=O)(=O)[O-].[K+]. The average Bonchev–Trinajstić information content (AvgIpc) is 2.50. The van der Waals surface area contributed by atoms with E-state index in [0.717, 1.165) is 19.3 Å². The Morgan fingerprint density at radius 3 is 1.48 bits per heavy atom. The zero-order valence-electron chi connectivity index (χ0n) is 16.7. The van der Waals surface area contributed by atoms with Gasteiger partial charge in [-0.1, -0.05) is 90.4 Å². The molecule has 6 heteroatoms. The third-order valence-corrected chi connectivity index (χ3v) is 5.36. The fourth-order valence-electron chi connectivity index (χ4n) is 3.04. The Morgan fingerprint density at radius 2 is 1.08 bits per heavy atom. The van der Waals surface area contributed by atoms with Gasteiger partial charge in [-0.05, 0) is 19.3 Å². The molecule has 0 heterocycles. The monoisotopic (exact) mass is 402 g/mol. The molecule has 1 N–H and O–H groups in total. The van der Waals surface area contributed by atoms with Gasteiger partial charge < -0.3 is 9.66 Å². The molecule has 0 amide bonds. The second-order valence-electron chi connectivity index (χ2n) is 7.09. The minimum Gasteiger partial charge on any atom is -0.748 e. The van der Waals surface area contributed by atoms with Gasteiger partial charge >= 0.3 is 51.4 Å². The molecule has 0 aliphatic rings. The van der Waals surface area contributed by atoms with Gasteiger partial charge in [-0.2, -0.15) is 0 Å². The fraction of sp³-hybridized carbons (Fsp3) is 1.00. The van der Waals surface area contributed by atoms with E-state index in [0.29, 0.717) is 6.42 Å². The molecule has 4 nitrogen and oxygen atoms in total. The van der Waals surface area contributed by atoms with Crippen LogP contribution in [0.4, 0.5) is 0 Å². The number of aliphatic hydroxyl groups excluding tert-OH is 1. The number of hydrogen-bond acceptors (Lipinski definition) is 4. The third-order valence-electron chi connectivity index (χ3n) is 4.57. The van der Waals surface area contributed by atoms with Gasteiger partial charge in [-0.3, -0.25) is 0 Å². The van der Waals surface area contributed by atoms with E-state index in [-0.39, 0.29) is 63.6 Å². The van der Waals surface area contributed by atoms with Crippen molar-refractivity contribution in [3.05, 3.63) is 0 Å². The summed E-state index contributed by atoms with van der Waals surface area (Å²) in [6.45, 7) is 2.25. The fourth-order valence-corrected chi connectivity index (χ4v) is 3.56. The summed E-state index contributed by atoms with van der Waals surface area (Å²) >= 11 is 0. The molecule has 0 spiro atoms. The molecule has 0 fully saturated rings. The van der Waals surface area contributed by atoms with E-state index in [4.69, 9.17) is 0 Å². The maximum Gasteiger partial charge on any atom is 1.00 e. The van der Waals surface area contributed by atoms with E-state index >= 15 is 0 Å². The van der Waals surface area contributed by atoms with E-state index < -0.39 is 16.2 Å². The van der Waals surface area contributed by atoms with Crippen LogP contribution in [0.2, 0.25) is 0 Å². The molecule has 0 aromatic rings. The second-order valence-corrected chi connectivity index (χ2v) is 8.61. The van der Waals surface area contributed by atoms with Crippen LogP contribution < -0.4 is 51.4 Å². The van der Waals surface area contributed by atoms with Crippen LogP contribution >= 0.6 is 0 Å². The zero-order chi connectivity index (χ0) is 18.1. The van der Waals surface area contributed by atoms with Crippen molar-refractivity contribution in [2.45, 2.75) is 116 Å². The summed E-state index contributed by atoms with van der Waals surface area (Å²) in [6.07, 6.45) is 17.9. The molecule has 146 valence electrons. The molecule has 0 bridgehead atoms. The van der Waals surface area contributed by atoms with E-state index in [2.05, 4.69) is 6.92 Å². The van der Waals surface area contributed by atoms with Crippen molar-refractivity contribution < 1.29 is 69.5 Å². The smallest absolute Gasteiger partial charge is 0.748 e. The van der Waals surface area contributed by atoms with Gasteiger partial charge in [-0.25, -0.2) is 8.42 Å². The van der Waals surface area contributed by atoms with Crippen LogP contribution in [-0.2, 0) is 10.1 Å². The molecular weight excluding hydrogens is 363 g/mol. The Hall–Kier alpha value is 1.51. The molecule has 1 atom stereocenters. The van der Waals surface area contributed by atoms with Crippen LogP contribution in [0.3, 0.4) is 0 Å². The first-order valence-corrected chi connectivity index (χ1v) is 11.6. The van der Waals surface area contributed by atoms with E-state index in [1.165, 1.54) is 70.6 Å². The molecule has 25 heavy (non-hydrogen) atoms. The van der Waals surface area contributed by atoms with Gasteiger partial charge in [0.05, 0.1) is 16.2 Å². The van der Waals surface area contributed by atoms with E-state index in [1.54, 1.807) is 0 Å². The topological polar surface area (TPSA) is 77.4 Å². The summed E-state index contributed by atoms with van der Waals surface area (Å²) in [5, 5.41) is 9.73. The molecule has 0 aliphatic carbocycles. The molecule has 0 aromatic carbocycles. The molecule has 0 rings (SSSR count). The molecule has 0 saturated heterocycles. The number of rotatable bonds is 18. The van der Waals surface area contributed by atoms with E-state index in [9.17, 15) is 18.1 Å². The minimum absolute atomic E-state index is 0. The van der Waals surface area contributed by atoms with Crippen molar-refractivity contribution in [3.63, 3.8) is 0 Å². The quantitative estimate of drug-likeness (QED) is 0.216. The largest absolute Gasteiger partial charge is 1.00 e. The molecule has 0 radical (unpaired) electrons. The number of hydrogen-bond donors (Lipinski definition) is 1. The van der Waals surface area contributed by atoms with Crippen molar-refractivity contribution in [1.82, 2.24) is 0 Å². The van der Waals surface area contributed by atoms with Crippen LogP contribution in [-0.4, -0.2) is 29.9 Å². The van der Waals surface area contributed by atoms with Gasteiger partial charge in [-0.15, -0.1) is 0 Å². The number of unbranched alkanes of at least 4 members (excludes halogenated alkanes) is 12. The van der Waals surface area contributed by atoms with Gasteiger partial charge in [0.2, 0.25) is 0 Å². The summed E-state index contributed by atoms with van der Waals surface area (Å²) in [5.74, 6) is -0.358. The Bertz CT molecular complexity index is 360. The van der Waals surface area contributed by atoms with E-state index in [1.807, 2.05) is 0 Å². The Kier molecular flexibility index (Phi) is 23.3. The van der Waals surface area contributed by atoms with Crippen molar-refractivity contribution in [2.24, 2.45) is 0 Å². The zero-order valence-corrected chi connectivity index (χ0v) is 20.6. The molecule has 0 aliphatic heterocycles. The third kappa shape index (κ3) is 25.5. The predicted molar refractivity (Wildman–Crippen MR) is 100 cm³/mol. The van der Waals surface area contributed by atoms with Crippen molar-refractivity contribution in [2.75, 3.05) is 5.75 Å². The van der Waals surface area contributed by atoms with Gasteiger partial charge in [0.25, 0.3) is 0 Å². The summed E-state index contributed by atoms with van der Waals surface area (Å²) in [5.41, 5.74) is 0. The first-order valence-electron chi connectivity index (χ1n) is 10.1. The minimum atomic E-state index is -4.13. The van der Waals surface area contributed by atoms with Crippen molar-refractivity contribution >= 4 is 10.1 Å². The summed E-state index contributed by atoms with van der Waals surface area (Å²) in [6, 6.07) is 0. The maximum atomic E-state index is 10.5. The van der Waals surface area contributed by atoms with Crippen molar-refractivity contribution in [1.29, 1.82) is 0 Å². The van der Waals surface area contributed by atoms with Gasteiger partial charge in [0.15, 0.2) is 0 Å². The van der Waals surface area contributed by atoms with Crippen LogP contribution in [0.15, 0.2) is 0 Å². The molecular formula is C19H39KO4S. The first-order chi connectivity index (χ1) is 11.5. The summed E-state index contributed by atoms with van der Waals surface area (Å²) in [7, 11) is -4.13. The number of aliphatic hydroxyl groups is 1. The molecule has 0 aromatic heterocycles. The maximum absolute atomic E-state index is 10.5. The van der Waals surface area contributed by atoms with Crippen LogP contribution in [0.25, 0.3) is 0 Å². The molecule has 0 saturated carbocycles. The van der Waals surface area contributed by atoms with Crippen LogP contribution in [0, 0.1) is 0 Å². The summed E-state index contributed by atoms with van der Waals surface area (Å²) in [4.78, 5) is 0. The van der Waals surface area contributed by atoms with Gasteiger partial charge in [0.1, 0.15) is 0 Å². The second kappa shape index (κ2) is 20.2. The molecule has 1 unspecified atom stereocenters. The average molecular weight is 403 g/mol. The standard InChI is InChI=1S/C19H40O4S.K/c1-2-3-4-5-6-7-8-9-10-11-12-13-14-16-19(20)17-15-18-24(21,22)23;/h19-20H,2-18H2,1H3,(H,21,22,23);/q;+1/p-1. The normalized spacial score (nSPS) is 12.8.